The number of rotatable bonds is 1. The Morgan fingerprint density at radius 1 is 1.40 bits per heavy atom. The van der Waals surface area contributed by atoms with E-state index in [-0.39, 0.29) is 0 Å². The predicted molar refractivity (Wildman–Crippen MR) is 51.2 cm³/mol. The second kappa shape index (κ2) is 3.87. The molecule has 1 atom stereocenters. The summed E-state index contributed by atoms with van der Waals surface area (Å²) in [4.78, 5) is 2.70. The third-order valence-electron chi connectivity index (χ3n) is 2.65. The van der Waals surface area contributed by atoms with Gasteiger partial charge in [0.2, 0.25) is 0 Å². The van der Waals surface area contributed by atoms with Crippen molar-refractivity contribution in [3.05, 3.63) is 45.3 Å². The molecule has 0 unspecified atom stereocenters. The van der Waals surface area contributed by atoms with Crippen LogP contribution in [0.15, 0.2) is 17.2 Å². The third kappa shape index (κ3) is 1.78. The molecule has 1 aromatic carbocycles. The molecule has 0 N–H and O–H groups in total. The number of benzene rings is 1. The highest BCUT2D eigenvalue weighted by molar-refractivity contribution is 5.34. The maximum absolute atomic E-state index is 13.4. The molecule has 2 rings (SSSR count). The zero-order valence-electron chi connectivity index (χ0n) is 7.95. The first kappa shape index (κ1) is 9.93. The highest BCUT2D eigenvalue weighted by atomic mass is 19.1. The van der Waals surface area contributed by atoms with Gasteiger partial charge in [-0.2, -0.15) is 0 Å². The van der Waals surface area contributed by atoms with Gasteiger partial charge in [0.25, 0.3) is 0 Å². The van der Waals surface area contributed by atoms with Gasteiger partial charge < -0.3 is 0 Å². The minimum absolute atomic E-state index is 0.427. The Labute approximate surface area is 85.4 Å². The first-order chi connectivity index (χ1) is 7.22. The van der Waals surface area contributed by atoms with E-state index in [1.54, 1.807) is 0 Å². The highest BCUT2D eigenvalue weighted by Gasteiger charge is 2.22. The summed E-state index contributed by atoms with van der Waals surface area (Å²) < 4.78 is 26.4. The van der Waals surface area contributed by atoms with Gasteiger partial charge >= 0.3 is 0 Å². The fourth-order valence-corrected chi connectivity index (χ4v) is 1.99. The van der Waals surface area contributed by atoms with E-state index >= 15 is 0 Å². The fraction of sp³-hybridized carbons (Fsp3) is 0.400. The summed E-state index contributed by atoms with van der Waals surface area (Å²) >= 11 is 0. The van der Waals surface area contributed by atoms with Crippen LogP contribution in [0.3, 0.4) is 0 Å². The number of halogens is 2. The monoisotopic (exact) mass is 209 g/mol. The summed E-state index contributed by atoms with van der Waals surface area (Å²) in [5.41, 5.74) is 9.34. The van der Waals surface area contributed by atoms with Crippen molar-refractivity contribution in [1.29, 1.82) is 0 Å². The summed E-state index contributed by atoms with van der Waals surface area (Å²) in [7, 11) is 0. The molecule has 1 aliphatic carbocycles. The van der Waals surface area contributed by atoms with E-state index < -0.39 is 17.7 Å². The summed E-state index contributed by atoms with van der Waals surface area (Å²) in [6.45, 7) is 0. The van der Waals surface area contributed by atoms with Crippen LogP contribution < -0.4 is 0 Å². The topological polar surface area (TPSA) is 48.8 Å². The number of fused-ring (bicyclic) bond motifs is 1. The smallest absolute Gasteiger partial charge is 0.129 e. The molecule has 0 spiro atoms. The SMILES string of the molecule is [N-]=[N+]=N[C@@H]1CCCc2c(F)cc(F)cc21. The molecule has 0 fully saturated rings. The standard InChI is InChI=1S/C10H9F2N3/c11-6-4-8-7(9(12)5-6)2-1-3-10(8)14-15-13/h4-5,10H,1-3H2/t10-/m1/s1. The Morgan fingerprint density at radius 2 is 2.20 bits per heavy atom. The van der Waals surface area contributed by atoms with Crippen LogP contribution in [0.25, 0.3) is 10.4 Å². The average molecular weight is 209 g/mol. The molecular formula is C10H9F2N3. The van der Waals surface area contributed by atoms with E-state index in [0.29, 0.717) is 24.0 Å². The Balaban J connectivity index is 2.55. The van der Waals surface area contributed by atoms with Crippen LogP contribution in [0.5, 0.6) is 0 Å². The molecule has 1 aromatic rings. The van der Waals surface area contributed by atoms with Crippen LogP contribution in [0.1, 0.15) is 30.0 Å². The van der Waals surface area contributed by atoms with Crippen LogP contribution in [0.4, 0.5) is 8.78 Å². The van der Waals surface area contributed by atoms with Crippen molar-refractivity contribution in [2.75, 3.05) is 0 Å². The summed E-state index contributed by atoms with van der Waals surface area (Å²) in [6, 6.07) is 1.71. The Morgan fingerprint density at radius 3 is 2.93 bits per heavy atom. The van der Waals surface area contributed by atoms with Gasteiger partial charge in [-0.25, -0.2) is 8.78 Å². The van der Waals surface area contributed by atoms with Crippen molar-refractivity contribution >= 4 is 0 Å². The zero-order valence-corrected chi connectivity index (χ0v) is 7.95. The van der Waals surface area contributed by atoms with Crippen molar-refractivity contribution in [2.45, 2.75) is 25.3 Å². The van der Waals surface area contributed by atoms with Crippen molar-refractivity contribution in [3.8, 4) is 0 Å². The molecule has 78 valence electrons. The molecule has 1 aliphatic rings. The second-order valence-electron chi connectivity index (χ2n) is 3.57. The maximum atomic E-state index is 13.4. The van der Waals surface area contributed by atoms with Gasteiger partial charge in [-0.05, 0) is 42.0 Å². The third-order valence-corrected chi connectivity index (χ3v) is 2.65. The zero-order chi connectivity index (χ0) is 10.8. The molecule has 0 aliphatic heterocycles. The van der Waals surface area contributed by atoms with Crippen LogP contribution in [-0.2, 0) is 6.42 Å². The summed E-state index contributed by atoms with van der Waals surface area (Å²) in [6.07, 6.45) is 2.00. The van der Waals surface area contributed by atoms with E-state index in [0.717, 1.165) is 12.5 Å². The summed E-state index contributed by atoms with van der Waals surface area (Å²) in [5, 5.41) is 3.55. The van der Waals surface area contributed by atoms with E-state index in [1.165, 1.54) is 6.07 Å². The predicted octanol–water partition coefficient (Wildman–Crippen LogP) is 3.65. The van der Waals surface area contributed by atoms with Crippen molar-refractivity contribution < 1.29 is 8.78 Å². The molecule has 0 radical (unpaired) electrons. The first-order valence-electron chi connectivity index (χ1n) is 4.74. The van der Waals surface area contributed by atoms with Crippen LogP contribution in [0.2, 0.25) is 0 Å². The van der Waals surface area contributed by atoms with Gasteiger partial charge in [0, 0.05) is 11.0 Å². The van der Waals surface area contributed by atoms with E-state index in [1.807, 2.05) is 0 Å². The average Bonchev–Trinajstić information content (AvgIpc) is 2.19. The molecule has 3 nitrogen and oxygen atoms in total. The van der Waals surface area contributed by atoms with Crippen LogP contribution in [-0.4, -0.2) is 0 Å². The number of hydrogen-bond acceptors (Lipinski definition) is 1. The molecule has 0 saturated carbocycles. The minimum atomic E-state index is -0.619. The largest absolute Gasteiger partial charge is 0.207 e. The normalized spacial score (nSPS) is 19.2. The van der Waals surface area contributed by atoms with Crippen LogP contribution >= 0.6 is 0 Å². The molecule has 0 aromatic heterocycles. The maximum Gasteiger partial charge on any atom is 0.129 e. The molecule has 0 saturated heterocycles. The highest BCUT2D eigenvalue weighted by Crippen LogP contribution is 2.34. The van der Waals surface area contributed by atoms with Crippen molar-refractivity contribution in [2.24, 2.45) is 5.11 Å². The van der Waals surface area contributed by atoms with Crippen molar-refractivity contribution in [1.82, 2.24) is 0 Å². The van der Waals surface area contributed by atoms with E-state index in [4.69, 9.17) is 5.53 Å². The lowest BCUT2D eigenvalue weighted by Gasteiger charge is -2.22. The number of nitrogens with zero attached hydrogens (tertiary/aromatic N) is 3. The molecule has 5 heteroatoms. The lowest BCUT2D eigenvalue weighted by Crippen LogP contribution is -2.10. The van der Waals surface area contributed by atoms with Crippen LogP contribution in [0, 0.1) is 11.6 Å². The molecule has 0 heterocycles. The van der Waals surface area contributed by atoms with Gasteiger partial charge in [-0.1, -0.05) is 5.11 Å². The van der Waals surface area contributed by atoms with E-state index in [9.17, 15) is 8.78 Å². The molecular weight excluding hydrogens is 200 g/mol. The van der Waals surface area contributed by atoms with Gasteiger partial charge in [0.05, 0.1) is 6.04 Å². The van der Waals surface area contributed by atoms with E-state index in [2.05, 4.69) is 10.0 Å². The Bertz CT molecular complexity index is 439. The van der Waals surface area contributed by atoms with Gasteiger partial charge in [-0.3, -0.25) is 0 Å². The second-order valence-corrected chi connectivity index (χ2v) is 3.57. The van der Waals surface area contributed by atoms with Crippen molar-refractivity contribution in [3.63, 3.8) is 0 Å². The minimum Gasteiger partial charge on any atom is -0.207 e. The van der Waals surface area contributed by atoms with Gasteiger partial charge in [-0.15, -0.1) is 0 Å². The molecule has 0 bridgehead atoms. The fourth-order valence-electron chi connectivity index (χ4n) is 1.99. The number of hydrogen-bond donors (Lipinski definition) is 0. The molecule has 15 heavy (non-hydrogen) atoms. The Kier molecular flexibility index (Phi) is 2.56. The lowest BCUT2D eigenvalue weighted by molar-refractivity contribution is 0.512. The molecule has 0 amide bonds. The number of azide groups is 1. The summed E-state index contributed by atoms with van der Waals surface area (Å²) in [5.74, 6) is -1.16. The van der Waals surface area contributed by atoms with Gasteiger partial charge in [0.15, 0.2) is 0 Å². The van der Waals surface area contributed by atoms with Gasteiger partial charge in [0.1, 0.15) is 11.6 Å². The lowest BCUT2D eigenvalue weighted by atomic mass is 9.88. The Hall–Kier alpha value is -1.61. The quantitative estimate of drug-likeness (QED) is 0.385. The first-order valence-corrected chi connectivity index (χ1v) is 4.74.